The summed E-state index contributed by atoms with van der Waals surface area (Å²) in [6.45, 7) is 8.49. The molecule has 0 aliphatic carbocycles. The van der Waals surface area contributed by atoms with E-state index in [1.807, 2.05) is 52.0 Å². The van der Waals surface area contributed by atoms with E-state index in [0.29, 0.717) is 6.54 Å². The number of nitrogens with one attached hydrogen (secondary N) is 1. The van der Waals surface area contributed by atoms with Gasteiger partial charge in [-0.1, -0.05) is 32.0 Å². The molecule has 104 valence electrons. The molecule has 0 bridgehead atoms. The molecule has 19 heavy (non-hydrogen) atoms. The van der Waals surface area contributed by atoms with Gasteiger partial charge in [-0.2, -0.15) is 0 Å². The fourth-order valence-corrected chi connectivity index (χ4v) is 1.88. The Labute approximate surface area is 114 Å². The van der Waals surface area contributed by atoms with Crippen molar-refractivity contribution in [3.8, 4) is 0 Å². The van der Waals surface area contributed by atoms with E-state index in [0.717, 1.165) is 16.7 Å². The van der Waals surface area contributed by atoms with Crippen molar-refractivity contribution in [2.75, 3.05) is 6.54 Å². The Bertz CT molecular complexity index is 509. The standard InChI is InChI=1S/C16H23NO2/c1-11(2)16(4,18)10-17-12(3)15-9-13-7-5-6-8-14(13)19-15/h5-9,11-12,17-18H,10H2,1-4H3. The lowest BCUT2D eigenvalue weighted by Crippen LogP contribution is -2.42. The van der Waals surface area contributed by atoms with E-state index in [4.69, 9.17) is 4.42 Å². The van der Waals surface area contributed by atoms with Gasteiger partial charge in [0, 0.05) is 11.9 Å². The van der Waals surface area contributed by atoms with Crippen LogP contribution in [0.15, 0.2) is 34.7 Å². The van der Waals surface area contributed by atoms with Crippen LogP contribution in [-0.4, -0.2) is 17.3 Å². The molecule has 0 aliphatic heterocycles. The van der Waals surface area contributed by atoms with Crippen LogP contribution in [0.4, 0.5) is 0 Å². The molecule has 0 aliphatic rings. The van der Waals surface area contributed by atoms with E-state index in [-0.39, 0.29) is 12.0 Å². The minimum atomic E-state index is -0.708. The van der Waals surface area contributed by atoms with Gasteiger partial charge in [0.25, 0.3) is 0 Å². The first-order chi connectivity index (χ1) is 8.90. The highest BCUT2D eigenvalue weighted by Gasteiger charge is 2.25. The maximum atomic E-state index is 10.2. The first-order valence-corrected chi connectivity index (χ1v) is 6.84. The highest BCUT2D eigenvalue weighted by molar-refractivity contribution is 5.77. The van der Waals surface area contributed by atoms with Crippen LogP contribution in [0.3, 0.4) is 0 Å². The van der Waals surface area contributed by atoms with Crippen molar-refractivity contribution >= 4 is 11.0 Å². The highest BCUT2D eigenvalue weighted by Crippen LogP contribution is 2.24. The molecule has 1 aromatic carbocycles. The van der Waals surface area contributed by atoms with Gasteiger partial charge in [-0.3, -0.25) is 0 Å². The second-order valence-electron chi connectivity index (χ2n) is 5.80. The van der Waals surface area contributed by atoms with E-state index in [9.17, 15) is 5.11 Å². The van der Waals surface area contributed by atoms with Gasteiger partial charge >= 0.3 is 0 Å². The molecule has 0 fully saturated rings. The van der Waals surface area contributed by atoms with E-state index >= 15 is 0 Å². The van der Waals surface area contributed by atoms with Crippen molar-refractivity contribution in [3.63, 3.8) is 0 Å². The van der Waals surface area contributed by atoms with Gasteiger partial charge < -0.3 is 14.8 Å². The fraction of sp³-hybridized carbons (Fsp3) is 0.500. The predicted octanol–water partition coefficient (Wildman–Crippen LogP) is 3.49. The van der Waals surface area contributed by atoms with Gasteiger partial charge in [0.05, 0.1) is 11.6 Å². The summed E-state index contributed by atoms with van der Waals surface area (Å²) >= 11 is 0. The van der Waals surface area contributed by atoms with Gasteiger partial charge in [0.2, 0.25) is 0 Å². The number of rotatable bonds is 5. The lowest BCUT2D eigenvalue weighted by molar-refractivity contribution is 0.0117. The monoisotopic (exact) mass is 261 g/mol. The highest BCUT2D eigenvalue weighted by atomic mass is 16.3. The van der Waals surface area contributed by atoms with E-state index in [1.165, 1.54) is 0 Å². The second-order valence-corrected chi connectivity index (χ2v) is 5.80. The molecule has 3 nitrogen and oxygen atoms in total. The predicted molar refractivity (Wildman–Crippen MR) is 78.1 cm³/mol. The van der Waals surface area contributed by atoms with Crippen LogP contribution in [0.25, 0.3) is 11.0 Å². The van der Waals surface area contributed by atoms with Crippen LogP contribution in [0.5, 0.6) is 0 Å². The minimum absolute atomic E-state index is 0.0811. The van der Waals surface area contributed by atoms with Crippen LogP contribution in [0.1, 0.15) is 39.5 Å². The molecule has 0 radical (unpaired) electrons. The summed E-state index contributed by atoms with van der Waals surface area (Å²) in [4.78, 5) is 0. The quantitative estimate of drug-likeness (QED) is 0.866. The number of para-hydroxylation sites is 1. The lowest BCUT2D eigenvalue weighted by Gasteiger charge is -2.29. The van der Waals surface area contributed by atoms with Gasteiger partial charge in [-0.05, 0) is 31.9 Å². The molecule has 0 amide bonds. The first kappa shape index (κ1) is 14.1. The Hall–Kier alpha value is -1.32. The Morgan fingerprint density at radius 2 is 1.95 bits per heavy atom. The smallest absolute Gasteiger partial charge is 0.134 e. The van der Waals surface area contributed by atoms with Crippen molar-refractivity contribution in [1.82, 2.24) is 5.32 Å². The van der Waals surface area contributed by atoms with Crippen LogP contribution < -0.4 is 5.32 Å². The van der Waals surface area contributed by atoms with E-state index < -0.39 is 5.60 Å². The number of aliphatic hydroxyl groups is 1. The van der Waals surface area contributed by atoms with Gasteiger partial charge in [0.15, 0.2) is 0 Å². The molecular weight excluding hydrogens is 238 g/mol. The molecule has 0 saturated carbocycles. The summed E-state index contributed by atoms with van der Waals surface area (Å²) in [6.07, 6.45) is 0. The van der Waals surface area contributed by atoms with Crippen LogP contribution in [0.2, 0.25) is 0 Å². The third kappa shape index (κ3) is 3.17. The minimum Gasteiger partial charge on any atom is -0.459 e. The molecule has 1 heterocycles. The maximum absolute atomic E-state index is 10.2. The normalized spacial score (nSPS) is 16.7. The zero-order chi connectivity index (χ0) is 14.0. The second kappa shape index (κ2) is 5.35. The van der Waals surface area contributed by atoms with Crippen LogP contribution in [0, 0.1) is 5.92 Å². The Balaban J connectivity index is 2.05. The maximum Gasteiger partial charge on any atom is 0.134 e. The zero-order valence-electron chi connectivity index (χ0n) is 12.1. The van der Waals surface area contributed by atoms with E-state index in [2.05, 4.69) is 11.4 Å². The molecule has 2 rings (SSSR count). The third-order valence-corrected chi connectivity index (χ3v) is 3.88. The largest absolute Gasteiger partial charge is 0.459 e. The van der Waals surface area contributed by atoms with Crippen molar-refractivity contribution in [2.24, 2.45) is 5.92 Å². The van der Waals surface area contributed by atoms with Gasteiger partial charge in [0.1, 0.15) is 11.3 Å². The third-order valence-electron chi connectivity index (χ3n) is 3.88. The topological polar surface area (TPSA) is 45.4 Å². The summed E-state index contributed by atoms with van der Waals surface area (Å²) in [5, 5.41) is 14.7. The number of hydrogen-bond donors (Lipinski definition) is 2. The molecule has 2 aromatic rings. The Morgan fingerprint density at radius 3 is 2.58 bits per heavy atom. The van der Waals surface area contributed by atoms with Gasteiger partial charge in [-0.25, -0.2) is 0 Å². The number of benzene rings is 1. The van der Waals surface area contributed by atoms with Crippen molar-refractivity contribution in [1.29, 1.82) is 0 Å². The van der Waals surface area contributed by atoms with Crippen molar-refractivity contribution in [2.45, 2.75) is 39.3 Å². The molecule has 2 N–H and O–H groups in total. The SMILES string of the molecule is CC(NCC(C)(O)C(C)C)c1cc2ccccc2o1. The molecule has 2 unspecified atom stereocenters. The number of fused-ring (bicyclic) bond motifs is 1. The summed E-state index contributed by atoms with van der Waals surface area (Å²) in [5.74, 6) is 1.11. The average molecular weight is 261 g/mol. The molecule has 2 atom stereocenters. The summed E-state index contributed by atoms with van der Waals surface area (Å²) in [5.41, 5.74) is 0.196. The van der Waals surface area contributed by atoms with Crippen LogP contribution >= 0.6 is 0 Å². The average Bonchev–Trinajstić information content (AvgIpc) is 2.79. The molecule has 3 heteroatoms. The number of hydrogen-bond acceptors (Lipinski definition) is 3. The molecule has 1 aromatic heterocycles. The van der Waals surface area contributed by atoms with Gasteiger partial charge in [-0.15, -0.1) is 0 Å². The van der Waals surface area contributed by atoms with Crippen molar-refractivity contribution in [3.05, 3.63) is 36.1 Å². The Morgan fingerprint density at radius 1 is 1.26 bits per heavy atom. The van der Waals surface area contributed by atoms with Crippen LogP contribution in [-0.2, 0) is 0 Å². The molecular formula is C16H23NO2. The summed E-state index contributed by atoms with van der Waals surface area (Å²) < 4.78 is 5.81. The fourth-order valence-electron chi connectivity index (χ4n) is 1.88. The molecule has 0 saturated heterocycles. The summed E-state index contributed by atoms with van der Waals surface area (Å²) in [7, 11) is 0. The van der Waals surface area contributed by atoms with E-state index in [1.54, 1.807) is 0 Å². The van der Waals surface area contributed by atoms with Crippen molar-refractivity contribution < 1.29 is 9.52 Å². The zero-order valence-corrected chi connectivity index (χ0v) is 12.1. The summed E-state index contributed by atoms with van der Waals surface area (Å²) in [6, 6.07) is 10.1. The molecule has 0 spiro atoms. The number of furan rings is 1. The lowest BCUT2D eigenvalue weighted by atomic mass is 9.92. The first-order valence-electron chi connectivity index (χ1n) is 6.84. The Kier molecular flexibility index (Phi) is 3.97.